The lowest BCUT2D eigenvalue weighted by Crippen LogP contribution is -2.21. The first-order valence-corrected chi connectivity index (χ1v) is 10.7. The number of pyridine rings is 1. The maximum Gasteiger partial charge on any atom is 0.340 e. The quantitative estimate of drug-likeness (QED) is 0.546. The Hall–Kier alpha value is -2.99. The molecule has 0 aliphatic carbocycles. The van der Waals surface area contributed by atoms with Crippen molar-refractivity contribution in [2.45, 2.75) is 29.1 Å². The van der Waals surface area contributed by atoms with E-state index in [9.17, 15) is 4.79 Å². The van der Waals surface area contributed by atoms with Crippen molar-refractivity contribution >= 4 is 23.4 Å². The van der Waals surface area contributed by atoms with E-state index in [2.05, 4.69) is 59.7 Å². The van der Waals surface area contributed by atoms with Gasteiger partial charge in [0.25, 0.3) is 0 Å². The van der Waals surface area contributed by atoms with Crippen LogP contribution in [0.4, 0.5) is 5.69 Å². The summed E-state index contributed by atoms with van der Waals surface area (Å²) in [5.74, 6) is 0.855. The average Bonchev–Trinajstić information content (AvgIpc) is 2.78. The van der Waals surface area contributed by atoms with Gasteiger partial charge in [0.2, 0.25) is 0 Å². The van der Waals surface area contributed by atoms with Crippen LogP contribution in [0.5, 0.6) is 5.75 Å². The molecule has 1 aromatic heterocycles. The Morgan fingerprint density at radius 3 is 2.97 bits per heavy atom. The van der Waals surface area contributed by atoms with Crippen LogP contribution < -0.4 is 10.1 Å². The molecule has 30 heavy (non-hydrogen) atoms. The summed E-state index contributed by atoms with van der Waals surface area (Å²) < 4.78 is 10.8. The number of anilines is 1. The summed E-state index contributed by atoms with van der Waals surface area (Å²) in [6, 6.07) is 16.5. The number of carbonyl (C=O) groups excluding carboxylic acids is 1. The number of rotatable bonds is 6. The van der Waals surface area contributed by atoms with E-state index in [1.807, 2.05) is 0 Å². The highest BCUT2D eigenvalue weighted by atomic mass is 32.2. The maximum absolute atomic E-state index is 12.0. The molecule has 2 aromatic carbocycles. The number of ether oxygens (including phenoxy) is 2. The van der Waals surface area contributed by atoms with Gasteiger partial charge in [-0.2, -0.15) is 0 Å². The predicted octanol–water partition coefficient (Wildman–Crippen LogP) is 5.31. The lowest BCUT2D eigenvalue weighted by atomic mass is 9.93. The van der Waals surface area contributed by atoms with Gasteiger partial charge in [0, 0.05) is 28.5 Å². The predicted molar refractivity (Wildman–Crippen MR) is 119 cm³/mol. The van der Waals surface area contributed by atoms with E-state index in [0.29, 0.717) is 24.4 Å². The van der Waals surface area contributed by atoms with E-state index in [1.165, 1.54) is 23.1 Å². The SMILES string of the molecule is COC(=O)c1ccncc1NC[C@@H]1CCOc2cc(Sc3ccccc3C)ccc21. The van der Waals surface area contributed by atoms with Gasteiger partial charge in [-0.25, -0.2) is 4.79 Å². The Labute approximate surface area is 180 Å². The van der Waals surface area contributed by atoms with E-state index >= 15 is 0 Å². The number of benzene rings is 2. The van der Waals surface area contributed by atoms with Crippen molar-refractivity contribution in [3.05, 3.63) is 77.6 Å². The van der Waals surface area contributed by atoms with E-state index < -0.39 is 0 Å². The Morgan fingerprint density at radius 1 is 1.27 bits per heavy atom. The molecule has 2 heterocycles. The van der Waals surface area contributed by atoms with Gasteiger partial charge in [-0.1, -0.05) is 36.0 Å². The summed E-state index contributed by atoms with van der Waals surface area (Å²) >= 11 is 1.75. The molecule has 0 saturated heterocycles. The average molecular weight is 421 g/mol. The molecule has 4 rings (SSSR count). The van der Waals surface area contributed by atoms with Gasteiger partial charge in [-0.15, -0.1) is 0 Å². The first kappa shape index (κ1) is 20.3. The highest BCUT2D eigenvalue weighted by molar-refractivity contribution is 7.99. The van der Waals surface area contributed by atoms with Crippen LogP contribution in [0, 0.1) is 6.92 Å². The van der Waals surface area contributed by atoms with E-state index in [-0.39, 0.29) is 11.9 Å². The van der Waals surface area contributed by atoms with Crippen LogP contribution in [0.2, 0.25) is 0 Å². The van der Waals surface area contributed by atoms with Gasteiger partial charge in [0.05, 0.1) is 31.2 Å². The number of methoxy groups -OCH3 is 1. The number of aromatic nitrogens is 1. The molecule has 0 radical (unpaired) electrons. The first-order valence-electron chi connectivity index (χ1n) is 9.92. The van der Waals surface area contributed by atoms with Crippen molar-refractivity contribution in [3.8, 4) is 5.75 Å². The molecular formula is C24H24N2O3S. The zero-order chi connectivity index (χ0) is 20.9. The van der Waals surface area contributed by atoms with Crippen LogP contribution in [0.3, 0.4) is 0 Å². The summed E-state index contributed by atoms with van der Waals surface area (Å²) in [7, 11) is 1.38. The molecule has 5 nitrogen and oxygen atoms in total. The third kappa shape index (κ3) is 4.44. The number of aryl methyl sites for hydroxylation is 1. The monoisotopic (exact) mass is 420 g/mol. The summed E-state index contributed by atoms with van der Waals surface area (Å²) in [6.07, 6.45) is 4.17. The molecule has 0 saturated carbocycles. The summed E-state index contributed by atoms with van der Waals surface area (Å²) in [6.45, 7) is 3.49. The second-order valence-electron chi connectivity index (χ2n) is 7.19. The molecule has 1 atom stereocenters. The second kappa shape index (κ2) is 9.22. The molecule has 0 amide bonds. The standard InChI is InChI=1S/C24H24N2O3S/c1-16-5-3-4-6-23(16)30-18-7-8-19-17(10-12-29-22(19)13-18)14-26-21-15-25-11-9-20(21)24(27)28-2/h3-9,11,13,15,17,26H,10,12,14H2,1-2H3/t17-/m0/s1. The van der Waals surface area contributed by atoms with Gasteiger partial charge in [-0.05, 0) is 48.7 Å². The van der Waals surface area contributed by atoms with Crippen molar-refractivity contribution in [3.63, 3.8) is 0 Å². The number of esters is 1. The Kier molecular flexibility index (Phi) is 6.23. The molecule has 1 N–H and O–H groups in total. The van der Waals surface area contributed by atoms with Crippen LogP contribution in [0.1, 0.15) is 33.8 Å². The minimum atomic E-state index is -0.370. The number of nitrogens with one attached hydrogen (secondary N) is 1. The molecule has 3 aromatic rings. The van der Waals surface area contributed by atoms with Crippen molar-refractivity contribution in [1.29, 1.82) is 0 Å². The van der Waals surface area contributed by atoms with Crippen molar-refractivity contribution in [2.24, 2.45) is 0 Å². The minimum absolute atomic E-state index is 0.289. The molecule has 0 unspecified atom stereocenters. The van der Waals surface area contributed by atoms with Crippen LogP contribution in [-0.2, 0) is 4.74 Å². The molecule has 0 fully saturated rings. The summed E-state index contributed by atoms with van der Waals surface area (Å²) in [4.78, 5) is 18.5. The fraction of sp³-hybridized carbons (Fsp3) is 0.250. The Bertz CT molecular complexity index is 1050. The number of hydrogen-bond donors (Lipinski definition) is 1. The van der Waals surface area contributed by atoms with E-state index in [0.717, 1.165) is 17.1 Å². The summed E-state index contributed by atoms with van der Waals surface area (Å²) in [5.41, 5.74) is 3.63. The third-order valence-electron chi connectivity index (χ3n) is 5.24. The van der Waals surface area contributed by atoms with Gasteiger partial charge < -0.3 is 14.8 Å². The normalized spacial score (nSPS) is 15.1. The van der Waals surface area contributed by atoms with E-state index in [1.54, 1.807) is 30.2 Å². The fourth-order valence-electron chi connectivity index (χ4n) is 3.57. The molecule has 1 aliphatic heterocycles. The Balaban J connectivity index is 1.50. The minimum Gasteiger partial charge on any atom is -0.493 e. The second-order valence-corrected chi connectivity index (χ2v) is 8.31. The molecule has 0 spiro atoms. The number of nitrogens with zero attached hydrogens (tertiary/aromatic N) is 1. The topological polar surface area (TPSA) is 60.5 Å². The van der Waals surface area contributed by atoms with Crippen molar-refractivity contribution in [2.75, 3.05) is 25.6 Å². The molecular weight excluding hydrogens is 396 g/mol. The largest absolute Gasteiger partial charge is 0.493 e. The molecule has 6 heteroatoms. The van der Waals surface area contributed by atoms with Crippen LogP contribution in [0.15, 0.2) is 70.7 Å². The van der Waals surface area contributed by atoms with Crippen LogP contribution >= 0.6 is 11.8 Å². The lowest BCUT2D eigenvalue weighted by molar-refractivity contribution is 0.0601. The Morgan fingerprint density at radius 2 is 2.13 bits per heavy atom. The number of carbonyl (C=O) groups is 1. The zero-order valence-electron chi connectivity index (χ0n) is 17.1. The number of hydrogen-bond acceptors (Lipinski definition) is 6. The van der Waals surface area contributed by atoms with Gasteiger partial charge in [-0.3, -0.25) is 4.98 Å². The van der Waals surface area contributed by atoms with Gasteiger partial charge in [0.1, 0.15) is 5.75 Å². The highest BCUT2D eigenvalue weighted by Gasteiger charge is 2.23. The fourth-order valence-corrected chi connectivity index (χ4v) is 4.51. The smallest absolute Gasteiger partial charge is 0.340 e. The summed E-state index contributed by atoms with van der Waals surface area (Å²) in [5, 5.41) is 3.38. The highest BCUT2D eigenvalue weighted by Crippen LogP contribution is 2.39. The lowest BCUT2D eigenvalue weighted by Gasteiger charge is -2.27. The van der Waals surface area contributed by atoms with Crippen molar-refractivity contribution < 1.29 is 14.3 Å². The molecule has 154 valence electrons. The van der Waals surface area contributed by atoms with Crippen molar-refractivity contribution in [1.82, 2.24) is 4.98 Å². The third-order valence-corrected chi connectivity index (χ3v) is 6.40. The molecule has 0 bridgehead atoms. The van der Waals surface area contributed by atoms with E-state index in [4.69, 9.17) is 9.47 Å². The van der Waals surface area contributed by atoms with Gasteiger partial charge in [0.15, 0.2) is 0 Å². The number of fused-ring (bicyclic) bond motifs is 1. The first-order chi connectivity index (χ1) is 14.7. The van der Waals surface area contributed by atoms with Crippen LogP contribution in [0.25, 0.3) is 0 Å². The zero-order valence-corrected chi connectivity index (χ0v) is 17.9. The van der Waals surface area contributed by atoms with Crippen LogP contribution in [-0.4, -0.2) is 31.2 Å². The maximum atomic E-state index is 12.0. The van der Waals surface area contributed by atoms with Gasteiger partial charge >= 0.3 is 5.97 Å². The molecule has 1 aliphatic rings.